The smallest absolute Gasteiger partial charge is 0.354 e. The molecule has 0 unspecified atom stereocenters. The van der Waals surface area contributed by atoms with Gasteiger partial charge in [0.15, 0.2) is 11.3 Å². The number of benzene rings is 1. The van der Waals surface area contributed by atoms with E-state index in [0.717, 1.165) is 4.52 Å². The highest BCUT2D eigenvalue weighted by atomic mass is 19.1. The van der Waals surface area contributed by atoms with Crippen LogP contribution in [0.25, 0.3) is 16.9 Å². The van der Waals surface area contributed by atoms with E-state index in [2.05, 4.69) is 10.1 Å². The van der Waals surface area contributed by atoms with Crippen molar-refractivity contribution in [2.24, 2.45) is 0 Å². The number of carboxylic acid groups (broad SMARTS) is 1. The SMILES string of the molecule is N#Cc1cnn2c(C(=O)O)cc(-c3ccccc3F)nc12. The molecule has 102 valence electrons. The summed E-state index contributed by atoms with van der Waals surface area (Å²) in [6.45, 7) is 0. The van der Waals surface area contributed by atoms with Crippen LogP contribution in [-0.2, 0) is 0 Å². The first-order valence-electron chi connectivity index (χ1n) is 5.89. The minimum atomic E-state index is -1.24. The Kier molecular flexibility index (Phi) is 2.84. The minimum absolute atomic E-state index is 0.0793. The second kappa shape index (κ2) is 4.68. The molecule has 6 nitrogen and oxygen atoms in total. The molecule has 0 bridgehead atoms. The average Bonchev–Trinajstić information content (AvgIpc) is 2.89. The summed E-state index contributed by atoms with van der Waals surface area (Å²) < 4.78 is 14.9. The predicted molar refractivity (Wildman–Crippen MR) is 70.1 cm³/mol. The molecule has 0 radical (unpaired) electrons. The maximum Gasteiger partial charge on any atom is 0.354 e. The van der Waals surface area contributed by atoms with Gasteiger partial charge in [0.25, 0.3) is 0 Å². The monoisotopic (exact) mass is 282 g/mol. The number of aromatic nitrogens is 3. The molecule has 0 spiro atoms. The number of hydrogen-bond acceptors (Lipinski definition) is 4. The number of rotatable bonds is 2. The maximum absolute atomic E-state index is 13.8. The van der Waals surface area contributed by atoms with Crippen LogP contribution in [0.4, 0.5) is 4.39 Å². The van der Waals surface area contributed by atoms with Crippen LogP contribution in [0.2, 0.25) is 0 Å². The molecule has 0 saturated carbocycles. The van der Waals surface area contributed by atoms with Crippen LogP contribution in [0.5, 0.6) is 0 Å². The van der Waals surface area contributed by atoms with Gasteiger partial charge in [-0.1, -0.05) is 12.1 Å². The molecule has 2 heterocycles. The fourth-order valence-corrected chi connectivity index (χ4v) is 2.00. The zero-order valence-electron chi connectivity index (χ0n) is 10.5. The molecule has 0 aliphatic heterocycles. The third kappa shape index (κ3) is 1.99. The lowest BCUT2D eigenvalue weighted by Crippen LogP contribution is -2.08. The molecule has 0 saturated heterocycles. The van der Waals surface area contributed by atoms with Gasteiger partial charge in [-0.3, -0.25) is 0 Å². The third-order valence-electron chi connectivity index (χ3n) is 2.96. The Labute approximate surface area is 117 Å². The summed E-state index contributed by atoms with van der Waals surface area (Å²) in [6.07, 6.45) is 1.22. The summed E-state index contributed by atoms with van der Waals surface area (Å²) in [6, 6.07) is 8.98. The molecule has 0 fully saturated rings. The largest absolute Gasteiger partial charge is 0.477 e. The van der Waals surface area contributed by atoms with Crippen LogP contribution >= 0.6 is 0 Å². The molecular formula is C14H7FN4O2. The number of fused-ring (bicyclic) bond motifs is 1. The second-order valence-corrected chi connectivity index (χ2v) is 4.22. The van der Waals surface area contributed by atoms with E-state index in [0.29, 0.717) is 0 Å². The van der Waals surface area contributed by atoms with E-state index in [1.807, 2.05) is 6.07 Å². The van der Waals surface area contributed by atoms with E-state index in [1.54, 1.807) is 6.07 Å². The van der Waals surface area contributed by atoms with Crippen LogP contribution in [-0.4, -0.2) is 25.7 Å². The molecule has 0 amide bonds. The summed E-state index contributed by atoms with van der Waals surface area (Å²) in [4.78, 5) is 15.5. The molecule has 0 aliphatic carbocycles. The Bertz CT molecular complexity index is 911. The van der Waals surface area contributed by atoms with E-state index in [-0.39, 0.29) is 28.2 Å². The van der Waals surface area contributed by atoms with Crippen LogP contribution in [0, 0.1) is 17.1 Å². The van der Waals surface area contributed by atoms with E-state index in [9.17, 15) is 14.3 Å². The highest BCUT2D eigenvalue weighted by Crippen LogP contribution is 2.23. The topological polar surface area (TPSA) is 91.3 Å². The summed E-state index contributed by atoms with van der Waals surface area (Å²) >= 11 is 0. The summed E-state index contributed by atoms with van der Waals surface area (Å²) in [5.41, 5.74) is 0.300. The van der Waals surface area contributed by atoms with Crippen LogP contribution in [0.3, 0.4) is 0 Å². The van der Waals surface area contributed by atoms with Crippen molar-refractivity contribution in [3.8, 4) is 17.3 Å². The number of nitrogens with zero attached hydrogens (tertiary/aromatic N) is 4. The lowest BCUT2D eigenvalue weighted by molar-refractivity contribution is 0.0687. The Hall–Kier alpha value is -3.27. The Morgan fingerprint density at radius 1 is 1.38 bits per heavy atom. The van der Waals surface area contributed by atoms with E-state index >= 15 is 0 Å². The van der Waals surface area contributed by atoms with Crippen molar-refractivity contribution in [2.75, 3.05) is 0 Å². The standard InChI is InChI=1S/C14H7FN4O2/c15-10-4-2-1-3-9(10)11-5-12(14(20)21)19-13(18-11)8(6-16)7-17-19/h1-5,7H,(H,20,21). The maximum atomic E-state index is 13.8. The highest BCUT2D eigenvalue weighted by Gasteiger charge is 2.17. The number of nitriles is 1. The van der Waals surface area contributed by atoms with Gasteiger partial charge < -0.3 is 5.11 Å². The zero-order chi connectivity index (χ0) is 15.0. The second-order valence-electron chi connectivity index (χ2n) is 4.22. The molecule has 1 N–H and O–H groups in total. The van der Waals surface area contributed by atoms with Crippen LogP contribution < -0.4 is 0 Å². The Morgan fingerprint density at radius 3 is 2.81 bits per heavy atom. The van der Waals surface area contributed by atoms with E-state index < -0.39 is 11.8 Å². The number of carbonyl (C=O) groups is 1. The average molecular weight is 282 g/mol. The first kappa shape index (κ1) is 12.7. The number of halogens is 1. The van der Waals surface area contributed by atoms with Crippen molar-refractivity contribution in [2.45, 2.75) is 0 Å². The van der Waals surface area contributed by atoms with Gasteiger partial charge >= 0.3 is 5.97 Å². The molecule has 3 rings (SSSR count). The predicted octanol–water partition coefficient (Wildman–Crippen LogP) is 2.11. The lowest BCUT2D eigenvalue weighted by Gasteiger charge is -2.06. The zero-order valence-corrected chi connectivity index (χ0v) is 10.5. The lowest BCUT2D eigenvalue weighted by atomic mass is 10.1. The molecule has 3 aromatic rings. The third-order valence-corrected chi connectivity index (χ3v) is 2.96. The number of hydrogen-bond donors (Lipinski definition) is 1. The first-order chi connectivity index (χ1) is 10.1. The van der Waals surface area contributed by atoms with Gasteiger partial charge in [-0.25, -0.2) is 18.7 Å². The summed E-state index contributed by atoms with van der Waals surface area (Å²) in [5.74, 6) is -1.77. The van der Waals surface area contributed by atoms with Gasteiger partial charge in [0.2, 0.25) is 0 Å². The van der Waals surface area contributed by atoms with Gasteiger partial charge in [0.05, 0.1) is 11.9 Å². The van der Waals surface area contributed by atoms with Crippen molar-refractivity contribution >= 4 is 11.6 Å². The van der Waals surface area contributed by atoms with Crippen molar-refractivity contribution in [3.63, 3.8) is 0 Å². The van der Waals surface area contributed by atoms with Crippen molar-refractivity contribution in [3.05, 3.63) is 53.6 Å². The molecule has 2 aromatic heterocycles. The normalized spacial score (nSPS) is 10.5. The minimum Gasteiger partial charge on any atom is -0.477 e. The van der Waals surface area contributed by atoms with E-state index in [1.165, 1.54) is 30.5 Å². The fraction of sp³-hybridized carbons (Fsp3) is 0. The first-order valence-corrected chi connectivity index (χ1v) is 5.89. The number of aromatic carboxylic acids is 1. The molecule has 1 aromatic carbocycles. The number of carboxylic acids is 1. The van der Waals surface area contributed by atoms with Gasteiger partial charge in [0.1, 0.15) is 17.4 Å². The van der Waals surface area contributed by atoms with Crippen molar-refractivity contribution in [1.29, 1.82) is 5.26 Å². The van der Waals surface area contributed by atoms with Crippen LogP contribution in [0.1, 0.15) is 16.1 Å². The van der Waals surface area contributed by atoms with Gasteiger partial charge in [-0.2, -0.15) is 10.4 Å². The van der Waals surface area contributed by atoms with Crippen molar-refractivity contribution in [1.82, 2.24) is 14.6 Å². The summed E-state index contributed by atoms with van der Waals surface area (Å²) in [7, 11) is 0. The molecule has 21 heavy (non-hydrogen) atoms. The van der Waals surface area contributed by atoms with Gasteiger partial charge in [-0.05, 0) is 18.2 Å². The highest BCUT2D eigenvalue weighted by molar-refractivity contribution is 5.88. The van der Waals surface area contributed by atoms with Crippen molar-refractivity contribution < 1.29 is 14.3 Å². The molecule has 0 atom stereocenters. The van der Waals surface area contributed by atoms with Crippen LogP contribution in [0.15, 0.2) is 36.5 Å². The molecule has 0 aliphatic rings. The quantitative estimate of drug-likeness (QED) is 0.777. The van der Waals surface area contributed by atoms with E-state index in [4.69, 9.17) is 5.26 Å². The Morgan fingerprint density at radius 2 is 2.14 bits per heavy atom. The summed E-state index contributed by atoms with van der Waals surface area (Å²) in [5, 5.41) is 22.1. The van der Waals surface area contributed by atoms with Gasteiger partial charge in [0, 0.05) is 5.56 Å². The molecular weight excluding hydrogens is 275 g/mol. The van der Waals surface area contributed by atoms with Gasteiger partial charge in [-0.15, -0.1) is 0 Å². The Balaban J connectivity index is 2.38. The fourth-order valence-electron chi connectivity index (χ4n) is 2.00. The molecule has 7 heteroatoms.